The van der Waals surface area contributed by atoms with Crippen molar-refractivity contribution in [3.8, 4) is 11.3 Å². The smallest absolute Gasteiger partial charge is 0.250 e. The summed E-state index contributed by atoms with van der Waals surface area (Å²) in [6.07, 6.45) is 4.15. The number of hydrogen-bond donors (Lipinski definition) is 2. The fraction of sp³-hybridized carbons (Fsp3) is 0.0500. The third-order valence-corrected chi connectivity index (χ3v) is 3.75. The fourth-order valence-electron chi connectivity index (χ4n) is 2.54. The SMILES string of the molecule is Cc1[nH]c(-c2cccc(C=Cc3ccccc3)c2)cc1C(N)=O. The van der Waals surface area contributed by atoms with Crippen molar-refractivity contribution >= 4 is 18.1 Å². The van der Waals surface area contributed by atoms with Gasteiger partial charge in [-0.05, 0) is 35.7 Å². The van der Waals surface area contributed by atoms with Crippen molar-refractivity contribution in [3.05, 3.63) is 83.0 Å². The number of primary amides is 1. The lowest BCUT2D eigenvalue weighted by Gasteiger charge is -2.00. The molecule has 1 amide bonds. The van der Waals surface area contributed by atoms with Crippen molar-refractivity contribution in [2.75, 3.05) is 0 Å². The molecule has 2 aromatic carbocycles. The van der Waals surface area contributed by atoms with Crippen LogP contribution in [0.5, 0.6) is 0 Å². The summed E-state index contributed by atoms with van der Waals surface area (Å²) >= 11 is 0. The summed E-state index contributed by atoms with van der Waals surface area (Å²) < 4.78 is 0. The topological polar surface area (TPSA) is 58.9 Å². The molecule has 0 unspecified atom stereocenters. The molecule has 0 spiro atoms. The molecule has 0 fully saturated rings. The number of carbonyl (C=O) groups is 1. The Labute approximate surface area is 135 Å². The van der Waals surface area contributed by atoms with Gasteiger partial charge in [-0.2, -0.15) is 0 Å². The molecule has 0 aliphatic rings. The van der Waals surface area contributed by atoms with Crippen molar-refractivity contribution in [2.45, 2.75) is 6.92 Å². The lowest BCUT2D eigenvalue weighted by molar-refractivity contribution is 0.1000. The van der Waals surface area contributed by atoms with E-state index in [4.69, 9.17) is 5.73 Å². The second-order valence-electron chi connectivity index (χ2n) is 5.46. The average Bonchev–Trinajstić information content (AvgIpc) is 2.96. The number of carbonyl (C=O) groups excluding carboxylic acids is 1. The number of nitrogens with one attached hydrogen (secondary N) is 1. The molecule has 0 saturated heterocycles. The van der Waals surface area contributed by atoms with Crippen molar-refractivity contribution in [1.29, 1.82) is 0 Å². The molecule has 3 nitrogen and oxygen atoms in total. The largest absolute Gasteiger partial charge is 0.366 e. The van der Waals surface area contributed by atoms with Gasteiger partial charge in [-0.25, -0.2) is 0 Å². The Bertz CT molecular complexity index is 860. The summed E-state index contributed by atoms with van der Waals surface area (Å²) in [6.45, 7) is 1.85. The second-order valence-corrected chi connectivity index (χ2v) is 5.46. The first-order valence-corrected chi connectivity index (χ1v) is 7.46. The maximum Gasteiger partial charge on any atom is 0.250 e. The molecule has 0 saturated carbocycles. The summed E-state index contributed by atoms with van der Waals surface area (Å²) in [4.78, 5) is 14.6. The summed E-state index contributed by atoms with van der Waals surface area (Å²) in [6, 6.07) is 20.1. The van der Waals surface area contributed by atoms with Gasteiger partial charge in [0.1, 0.15) is 0 Å². The van der Waals surface area contributed by atoms with Crippen molar-refractivity contribution in [3.63, 3.8) is 0 Å². The van der Waals surface area contributed by atoms with E-state index < -0.39 is 5.91 Å². The van der Waals surface area contributed by atoms with Gasteiger partial charge >= 0.3 is 0 Å². The van der Waals surface area contributed by atoms with Crippen LogP contribution in [0.3, 0.4) is 0 Å². The Morgan fingerprint density at radius 3 is 2.35 bits per heavy atom. The van der Waals surface area contributed by atoms with Crippen molar-refractivity contribution in [1.82, 2.24) is 4.98 Å². The molecule has 1 heterocycles. The van der Waals surface area contributed by atoms with Gasteiger partial charge in [-0.15, -0.1) is 0 Å². The zero-order valence-electron chi connectivity index (χ0n) is 12.9. The van der Waals surface area contributed by atoms with Crippen LogP contribution in [0, 0.1) is 6.92 Å². The normalized spacial score (nSPS) is 11.0. The van der Waals surface area contributed by atoms with Crippen LogP contribution >= 0.6 is 0 Å². The Kier molecular flexibility index (Phi) is 4.11. The molecule has 23 heavy (non-hydrogen) atoms. The van der Waals surface area contributed by atoms with E-state index in [1.807, 2.05) is 43.3 Å². The molecule has 0 radical (unpaired) electrons. The first kappa shape index (κ1) is 14.9. The van der Waals surface area contributed by atoms with Crippen LogP contribution in [0.2, 0.25) is 0 Å². The number of rotatable bonds is 4. The molecule has 0 aliphatic carbocycles. The van der Waals surface area contributed by atoms with Gasteiger partial charge in [0, 0.05) is 11.4 Å². The molecular weight excluding hydrogens is 284 g/mol. The van der Waals surface area contributed by atoms with Crippen LogP contribution in [0.15, 0.2) is 60.7 Å². The molecule has 3 N–H and O–H groups in total. The predicted octanol–water partition coefficient (Wildman–Crippen LogP) is 4.26. The van der Waals surface area contributed by atoms with E-state index in [1.165, 1.54) is 0 Å². The highest BCUT2D eigenvalue weighted by Crippen LogP contribution is 2.23. The molecule has 3 aromatic rings. The van der Waals surface area contributed by atoms with E-state index in [9.17, 15) is 4.79 Å². The monoisotopic (exact) mass is 302 g/mol. The van der Waals surface area contributed by atoms with E-state index in [1.54, 1.807) is 6.07 Å². The lowest BCUT2D eigenvalue weighted by atomic mass is 10.1. The molecule has 0 aliphatic heterocycles. The predicted molar refractivity (Wildman–Crippen MR) is 94.9 cm³/mol. The van der Waals surface area contributed by atoms with Crippen LogP contribution in [-0.2, 0) is 0 Å². The summed E-state index contributed by atoms with van der Waals surface area (Å²) in [5.41, 5.74) is 10.9. The number of aromatic nitrogens is 1. The van der Waals surface area contributed by atoms with E-state index in [0.717, 1.165) is 28.1 Å². The Morgan fingerprint density at radius 2 is 1.65 bits per heavy atom. The summed E-state index contributed by atoms with van der Waals surface area (Å²) in [7, 11) is 0. The number of amides is 1. The van der Waals surface area contributed by atoms with Crippen LogP contribution in [0.4, 0.5) is 0 Å². The van der Waals surface area contributed by atoms with Crippen LogP contribution in [0.1, 0.15) is 27.2 Å². The van der Waals surface area contributed by atoms with Gasteiger partial charge in [0.15, 0.2) is 0 Å². The van der Waals surface area contributed by atoms with Gasteiger partial charge in [0.25, 0.3) is 5.91 Å². The van der Waals surface area contributed by atoms with Gasteiger partial charge in [-0.3, -0.25) is 4.79 Å². The maximum absolute atomic E-state index is 11.4. The standard InChI is InChI=1S/C20H18N2O/c1-14-18(20(21)23)13-19(22-14)17-9-5-8-16(12-17)11-10-15-6-3-2-4-7-15/h2-13,22H,1H3,(H2,21,23). The molecular formula is C20H18N2O. The van der Waals surface area contributed by atoms with Gasteiger partial charge in [0.05, 0.1) is 5.56 Å². The summed E-state index contributed by atoms with van der Waals surface area (Å²) in [5.74, 6) is -0.412. The van der Waals surface area contributed by atoms with Crippen molar-refractivity contribution in [2.24, 2.45) is 5.73 Å². The molecule has 3 rings (SSSR count). The van der Waals surface area contributed by atoms with E-state index in [2.05, 4.69) is 35.3 Å². The molecule has 0 atom stereocenters. The number of nitrogens with two attached hydrogens (primary N) is 1. The van der Waals surface area contributed by atoms with Gasteiger partial charge < -0.3 is 10.7 Å². The minimum atomic E-state index is -0.412. The van der Waals surface area contributed by atoms with Gasteiger partial charge in [0.2, 0.25) is 0 Å². The highest BCUT2D eigenvalue weighted by molar-refractivity contribution is 5.95. The minimum absolute atomic E-state index is 0.412. The first-order valence-electron chi connectivity index (χ1n) is 7.46. The number of aromatic amines is 1. The molecule has 1 aromatic heterocycles. The number of H-pyrrole nitrogens is 1. The Morgan fingerprint density at radius 1 is 0.957 bits per heavy atom. The quantitative estimate of drug-likeness (QED) is 0.695. The van der Waals surface area contributed by atoms with Crippen LogP contribution < -0.4 is 5.73 Å². The van der Waals surface area contributed by atoms with Crippen LogP contribution in [0.25, 0.3) is 23.4 Å². The maximum atomic E-state index is 11.4. The number of hydrogen-bond acceptors (Lipinski definition) is 1. The van der Waals surface area contributed by atoms with E-state index in [0.29, 0.717) is 5.56 Å². The molecule has 114 valence electrons. The zero-order chi connectivity index (χ0) is 16.2. The van der Waals surface area contributed by atoms with E-state index >= 15 is 0 Å². The second kappa shape index (κ2) is 6.36. The molecule has 0 bridgehead atoms. The average molecular weight is 302 g/mol. The summed E-state index contributed by atoms with van der Waals surface area (Å²) in [5, 5.41) is 0. The Balaban J connectivity index is 1.90. The fourth-order valence-corrected chi connectivity index (χ4v) is 2.54. The van der Waals surface area contributed by atoms with E-state index in [-0.39, 0.29) is 0 Å². The number of aryl methyl sites for hydroxylation is 1. The zero-order valence-corrected chi connectivity index (χ0v) is 12.9. The van der Waals surface area contributed by atoms with Crippen molar-refractivity contribution < 1.29 is 4.79 Å². The minimum Gasteiger partial charge on any atom is -0.366 e. The van der Waals surface area contributed by atoms with Crippen LogP contribution in [-0.4, -0.2) is 10.9 Å². The first-order chi connectivity index (χ1) is 11.1. The van der Waals surface area contributed by atoms with Gasteiger partial charge in [-0.1, -0.05) is 60.7 Å². The highest BCUT2D eigenvalue weighted by atomic mass is 16.1. The third-order valence-electron chi connectivity index (χ3n) is 3.75. The highest BCUT2D eigenvalue weighted by Gasteiger charge is 2.10. The lowest BCUT2D eigenvalue weighted by Crippen LogP contribution is -2.10. The number of benzene rings is 2. The molecule has 3 heteroatoms. The Hall–Kier alpha value is -3.07. The third kappa shape index (κ3) is 3.40.